The van der Waals surface area contributed by atoms with Gasteiger partial charge >= 0.3 is 5.97 Å². The molecule has 2 heterocycles. The van der Waals surface area contributed by atoms with Gasteiger partial charge in [0.05, 0.1) is 13.2 Å². The maximum Gasteiger partial charge on any atom is 0.349 e. The summed E-state index contributed by atoms with van der Waals surface area (Å²) in [6.45, 7) is 4.87. The third kappa shape index (κ3) is 5.41. The van der Waals surface area contributed by atoms with E-state index >= 15 is 0 Å². The van der Waals surface area contributed by atoms with E-state index in [0.29, 0.717) is 23.4 Å². The fraction of sp³-hybridized carbons (Fsp3) is 0.375. The lowest BCUT2D eigenvalue weighted by Crippen LogP contribution is -2.18. The Hall–Kier alpha value is -3.37. The van der Waals surface area contributed by atoms with Gasteiger partial charge in [0.25, 0.3) is 0 Å². The number of aromatic nitrogens is 1. The van der Waals surface area contributed by atoms with Crippen LogP contribution in [0, 0.1) is 25.2 Å². The van der Waals surface area contributed by atoms with Gasteiger partial charge < -0.3 is 18.8 Å². The molecule has 1 saturated heterocycles. The van der Waals surface area contributed by atoms with Crippen LogP contribution in [-0.4, -0.2) is 42.7 Å². The Morgan fingerprint density at radius 3 is 2.65 bits per heavy atom. The quantitative estimate of drug-likeness (QED) is 0.279. The molecule has 7 heteroatoms. The fourth-order valence-corrected chi connectivity index (χ4v) is 3.65. The minimum absolute atomic E-state index is 0.159. The Morgan fingerprint density at radius 1 is 1.29 bits per heavy atom. The Kier molecular flexibility index (Phi) is 7.27. The van der Waals surface area contributed by atoms with Gasteiger partial charge in [-0.05, 0) is 56.5 Å². The maximum absolute atomic E-state index is 12.7. The van der Waals surface area contributed by atoms with Crippen molar-refractivity contribution in [1.82, 2.24) is 4.57 Å². The topological polar surface area (TPSA) is 90.5 Å². The van der Waals surface area contributed by atoms with E-state index in [1.54, 1.807) is 37.4 Å². The zero-order valence-corrected chi connectivity index (χ0v) is 18.0. The molecule has 162 valence electrons. The van der Waals surface area contributed by atoms with Crippen molar-refractivity contribution < 1.29 is 23.8 Å². The van der Waals surface area contributed by atoms with Crippen molar-refractivity contribution in [2.24, 2.45) is 0 Å². The number of carbonyl (C=O) groups excluding carboxylic acids is 2. The van der Waals surface area contributed by atoms with E-state index in [0.717, 1.165) is 30.8 Å². The predicted octanol–water partition coefficient (Wildman–Crippen LogP) is 3.63. The van der Waals surface area contributed by atoms with Crippen molar-refractivity contribution in [1.29, 1.82) is 5.26 Å². The van der Waals surface area contributed by atoms with Gasteiger partial charge in [0.2, 0.25) is 5.78 Å². The molecule has 1 aliphatic heterocycles. The molecule has 1 aromatic carbocycles. The van der Waals surface area contributed by atoms with Crippen LogP contribution in [0.3, 0.4) is 0 Å². The second-order valence-electron chi connectivity index (χ2n) is 7.47. The number of hydrogen-bond donors (Lipinski definition) is 0. The van der Waals surface area contributed by atoms with Crippen molar-refractivity contribution in [3.05, 3.63) is 58.4 Å². The molecule has 31 heavy (non-hydrogen) atoms. The molecule has 1 aromatic heterocycles. The lowest BCUT2D eigenvalue weighted by Gasteiger charge is -2.14. The van der Waals surface area contributed by atoms with Gasteiger partial charge in [0, 0.05) is 30.1 Å². The highest BCUT2D eigenvalue weighted by Crippen LogP contribution is 2.21. The van der Waals surface area contributed by atoms with Gasteiger partial charge in [-0.15, -0.1) is 0 Å². The van der Waals surface area contributed by atoms with Gasteiger partial charge in [-0.25, -0.2) is 4.79 Å². The predicted molar refractivity (Wildman–Crippen MR) is 115 cm³/mol. The van der Waals surface area contributed by atoms with Crippen LogP contribution in [0.2, 0.25) is 0 Å². The molecule has 0 N–H and O–H groups in total. The number of nitriles is 1. The van der Waals surface area contributed by atoms with Crippen molar-refractivity contribution in [3.63, 3.8) is 0 Å². The van der Waals surface area contributed by atoms with Crippen molar-refractivity contribution in [2.45, 2.75) is 39.3 Å². The smallest absolute Gasteiger partial charge is 0.349 e. The zero-order chi connectivity index (χ0) is 22.4. The fourth-order valence-electron chi connectivity index (χ4n) is 3.65. The molecule has 7 nitrogen and oxygen atoms in total. The summed E-state index contributed by atoms with van der Waals surface area (Å²) >= 11 is 0. The molecule has 1 fully saturated rings. The number of rotatable bonds is 8. The summed E-state index contributed by atoms with van der Waals surface area (Å²) in [7, 11) is 1.56. The van der Waals surface area contributed by atoms with Crippen molar-refractivity contribution in [2.75, 3.05) is 20.3 Å². The highest BCUT2D eigenvalue weighted by Gasteiger charge is 2.22. The number of esters is 1. The average molecular weight is 422 g/mol. The summed E-state index contributed by atoms with van der Waals surface area (Å²) in [6.07, 6.45) is 3.64. The van der Waals surface area contributed by atoms with E-state index in [9.17, 15) is 14.9 Å². The molecule has 0 saturated carbocycles. The summed E-state index contributed by atoms with van der Waals surface area (Å²) in [6, 6.07) is 10.5. The summed E-state index contributed by atoms with van der Waals surface area (Å²) in [4.78, 5) is 25.0. The molecular weight excluding hydrogens is 396 g/mol. The second kappa shape index (κ2) is 10.1. The van der Waals surface area contributed by atoms with Crippen LogP contribution in [0.5, 0.6) is 5.75 Å². The molecule has 0 spiro atoms. The largest absolute Gasteiger partial charge is 0.497 e. The van der Waals surface area contributed by atoms with E-state index in [1.165, 1.54) is 6.08 Å². The highest BCUT2D eigenvalue weighted by atomic mass is 16.5. The van der Waals surface area contributed by atoms with E-state index in [1.807, 2.05) is 19.9 Å². The van der Waals surface area contributed by atoms with Crippen molar-refractivity contribution >= 4 is 17.8 Å². The van der Waals surface area contributed by atoms with Crippen LogP contribution in [-0.2, 0) is 20.8 Å². The molecule has 1 atom stereocenters. The lowest BCUT2D eigenvalue weighted by molar-refractivity contribution is -0.137. The van der Waals surface area contributed by atoms with Gasteiger partial charge in [-0.3, -0.25) is 4.79 Å². The number of benzene rings is 1. The number of aryl methyl sites for hydroxylation is 1. The van der Waals surface area contributed by atoms with Gasteiger partial charge in [0.15, 0.2) is 6.61 Å². The molecule has 0 amide bonds. The van der Waals surface area contributed by atoms with Gasteiger partial charge in [-0.2, -0.15) is 5.26 Å². The number of nitrogens with zero attached hydrogens (tertiary/aromatic N) is 2. The van der Waals surface area contributed by atoms with E-state index in [2.05, 4.69) is 4.57 Å². The number of carbonyl (C=O) groups is 2. The first-order valence-corrected chi connectivity index (χ1v) is 10.2. The number of ether oxygens (including phenoxy) is 3. The van der Waals surface area contributed by atoms with E-state index in [4.69, 9.17) is 14.2 Å². The van der Waals surface area contributed by atoms with Crippen LogP contribution in [0.1, 0.15) is 40.2 Å². The van der Waals surface area contributed by atoms with Crippen LogP contribution in [0.25, 0.3) is 6.08 Å². The van der Waals surface area contributed by atoms with E-state index in [-0.39, 0.29) is 17.5 Å². The third-order valence-corrected chi connectivity index (χ3v) is 5.39. The standard InChI is InChI=1S/C24H26N2O5/c1-16-11-22(17(2)26(16)14-21-5-4-10-30-21)23(27)15-31-24(28)19(13-25)12-18-6-8-20(29-3)9-7-18/h6-9,11-12,21H,4-5,10,14-15H2,1-3H3/b19-12+/t21-/m1/s1. The Balaban J connectivity index is 1.64. The van der Waals surface area contributed by atoms with Crippen LogP contribution >= 0.6 is 0 Å². The lowest BCUT2D eigenvalue weighted by atomic mass is 10.1. The summed E-state index contributed by atoms with van der Waals surface area (Å²) < 4.78 is 18.0. The third-order valence-electron chi connectivity index (χ3n) is 5.39. The second-order valence-corrected chi connectivity index (χ2v) is 7.47. The average Bonchev–Trinajstić information content (AvgIpc) is 3.39. The Morgan fingerprint density at radius 2 is 2.03 bits per heavy atom. The number of hydrogen-bond acceptors (Lipinski definition) is 6. The molecule has 0 bridgehead atoms. The molecule has 2 aromatic rings. The molecule has 0 radical (unpaired) electrons. The SMILES string of the molecule is COc1ccc(/C=C(\C#N)C(=O)OCC(=O)c2cc(C)n(C[C@H]3CCCO3)c2C)cc1. The van der Waals surface area contributed by atoms with Gasteiger partial charge in [-0.1, -0.05) is 12.1 Å². The Bertz CT molecular complexity index is 1020. The minimum Gasteiger partial charge on any atom is -0.497 e. The maximum atomic E-state index is 12.7. The monoisotopic (exact) mass is 422 g/mol. The zero-order valence-electron chi connectivity index (χ0n) is 18.0. The minimum atomic E-state index is -0.833. The summed E-state index contributed by atoms with van der Waals surface area (Å²) in [5.41, 5.74) is 2.77. The molecule has 1 aliphatic rings. The van der Waals surface area contributed by atoms with Crippen LogP contribution < -0.4 is 4.74 Å². The molecule has 0 aliphatic carbocycles. The first kappa shape index (κ1) is 22.3. The molecule has 3 rings (SSSR count). The van der Waals surface area contributed by atoms with Crippen LogP contribution in [0.15, 0.2) is 35.9 Å². The van der Waals surface area contributed by atoms with Gasteiger partial charge in [0.1, 0.15) is 17.4 Å². The molecule has 0 unspecified atom stereocenters. The summed E-state index contributed by atoms with van der Waals surface area (Å²) in [5, 5.41) is 9.32. The number of Topliss-reactive ketones (excluding diaryl/α,β-unsaturated/α-hetero) is 1. The highest BCUT2D eigenvalue weighted by molar-refractivity contribution is 6.02. The number of ketones is 1. The first-order chi connectivity index (χ1) is 14.9. The van der Waals surface area contributed by atoms with E-state index < -0.39 is 12.6 Å². The first-order valence-electron chi connectivity index (χ1n) is 10.2. The van der Waals surface area contributed by atoms with Crippen molar-refractivity contribution in [3.8, 4) is 11.8 Å². The number of methoxy groups -OCH3 is 1. The summed E-state index contributed by atoms with van der Waals surface area (Å²) in [5.74, 6) is -0.470. The Labute approximate surface area is 181 Å². The molecular formula is C24H26N2O5. The van der Waals surface area contributed by atoms with Crippen LogP contribution in [0.4, 0.5) is 0 Å². The normalized spacial score (nSPS) is 16.1.